The molecule has 0 spiro atoms. The highest BCUT2D eigenvalue weighted by molar-refractivity contribution is 6.33. The van der Waals surface area contributed by atoms with Crippen LogP contribution in [0.1, 0.15) is 35.3 Å². The van der Waals surface area contributed by atoms with E-state index in [1.165, 1.54) is 5.56 Å². The van der Waals surface area contributed by atoms with Crippen molar-refractivity contribution in [3.05, 3.63) is 63.7 Å². The Bertz CT molecular complexity index is 728. The van der Waals surface area contributed by atoms with E-state index < -0.39 is 0 Å². The second-order valence-electron chi connectivity index (χ2n) is 5.95. The predicted octanol–water partition coefficient (Wildman–Crippen LogP) is 5.30. The molecular weight excluding hydrogens is 320 g/mol. The van der Waals surface area contributed by atoms with Gasteiger partial charge in [-0.1, -0.05) is 35.9 Å². The van der Waals surface area contributed by atoms with Gasteiger partial charge in [0.2, 0.25) is 0 Å². The second kappa shape index (κ2) is 8.32. The Labute approximate surface area is 149 Å². The highest BCUT2D eigenvalue weighted by Crippen LogP contribution is 2.35. The van der Waals surface area contributed by atoms with E-state index in [1.54, 1.807) is 13.4 Å². The van der Waals surface area contributed by atoms with Gasteiger partial charge in [-0.25, -0.2) is 4.99 Å². The number of rotatable bonds is 6. The molecule has 0 aliphatic carbocycles. The molecule has 128 valence electrons. The van der Waals surface area contributed by atoms with Gasteiger partial charge in [0, 0.05) is 20.7 Å². The molecule has 0 radical (unpaired) electrons. The van der Waals surface area contributed by atoms with Crippen molar-refractivity contribution in [3.63, 3.8) is 0 Å². The van der Waals surface area contributed by atoms with Crippen molar-refractivity contribution >= 4 is 23.6 Å². The molecule has 2 aromatic carbocycles. The number of aryl methyl sites for hydroxylation is 2. The number of methoxy groups -OCH3 is 1. The Kier molecular flexibility index (Phi) is 6.41. The van der Waals surface area contributed by atoms with Crippen LogP contribution >= 0.6 is 11.6 Å². The van der Waals surface area contributed by atoms with Gasteiger partial charge in [0.05, 0.1) is 17.0 Å². The normalized spacial score (nSPS) is 12.6. The van der Waals surface area contributed by atoms with Crippen LogP contribution in [0, 0.1) is 13.8 Å². The molecule has 0 amide bonds. The predicted molar refractivity (Wildman–Crippen MR) is 103 cm³/mol. The first-order valence-corrected chi connectivity index (χ1v) is 8.48. The maximum Gasteiger partial charge on any atom is 0.108 e. The van der Waals surface area contributed by atoms with E-state index in [0.29, 0.717) is 5.02 Å². The van der Waals surface area contributed by atoms with Crippen LogP contribution in [-0.2, 0) is 4.74 Å². The lowest BCUT2D eigenvalue weighted by Crippen LogP contribution is -2.14. The summed E-state index contributed by atoms with van der Waals surface area (Å²) in [5.41, 5.74) is 5.31. The highest BCUT2D eigenvalue weighted by atomic mass is 35.5. The molecular formula is C20H25ClN2O. The minimum atomic E-state index is -0.139. The number of ether oxygens (including phenoxy) is 1. The maximum absolute atomic E-state index is 6.47. The zero-order chi connectivity index (χ0) is 17.7. The quantitative estimate of drug-likeness (QED) is 0.524. The zero-order valence-electron chi connectivity index (χ0n) is 15.0. The number of hydrogen-bond donors (Lipinski definition) is 0. The van der Waals surface area contributed by atoms with Crippen molar-refractivity contribution < 1.29 is 4.74 Å². The lowest BCUT2D eigenvalue weighted by molar-refractivity contribution is 0.135. The smallest absolute Gasteiger partial charge is 0.108 e. The lowest BCUT2D eigenvalue weighted by Gasteiger charge is -2.21. The minimum Gasteiger partial charge on any atom is -0.372 e. The molecule has 0 heterocycles. The summed E-state index contributed by atoms with van der Waals surface area (Å²) in [5.74, 6) is 0. The van der Waals surface area contributed by atoms with E-state index in [0.717, 1.165) is 28.9 Å². The molecule has 2 rings (SSSR count). The molecule has 0 aliphatic heterocycles. The second-order valence-corrected chi connectivity index (χ2v) is 6.36. The van der Waals surface area contributed by atoms with E-state index >= 15 is 0 Å². The first-order chi connectivity index (χ1) is 11.5. The summed E-state index contributed by atoms with van der Waals surface area (Å²) in [7, 11) is 3.71. The van der Waals surface area contributed by atoms with E-state index in [-0.39, 0.29) is 6.10 Å². The summed E-state index contributed by atoms with van der Waals surface area (Å²) in [4.78, 5) is 6.49. The first kappa shape index (κ1) is 18.5. The van der Waals surface area contributed by atoms with Gasteiger partial charge in [-0.05, 0) is 55.2 Å². The average Bonchev–Trinajstić information content (AvgIpc) is 2.58. The summed E-state index contributed by atoms with van der Waals surface area (Å²) >= 11 is 6.47. The third-order valence-electron chi connectivity index (χ3n) is 4.22. The monoisotopic (exact) mass is 344 g/mol. The molecule has 0 N–H and O–H groups in total. The zero-order valence-corrected chi connectivity index (χ0v) is 15.8. The van der Waals surface area contributed by atoms with Gasteiger partial charge < -0.3 is 9.64 Å². The van der Waals surface area contributed by atoms with Gasteiger partial charge in [-0.3, -0.25) is 0 Å². The fourth-order valence-corrected chi connectivity index (χ4v) is 2.83. The van der Waals surface area contributed by atoms with Crippen molar-refractivity contribution in [2.75, 3.05) is 20.7 Å². The van der Waals surface area contributed by atoms with E-state index in [2.05, 4.69) is 37.9 Å². The largest absolute Gasteiger partial charge is 0.372 e. The Morgan fingerprint density at radius 2 is 1.88 bits per heavy atom. The molecule has 1 unspecified atom stereocenters. The van der Waals surface area contributed by atoms with Crippen LogP contribution in [0.3, 0.4) is 0 Å². The molecule has 0 bridgehead atoms. The van der Waals surface area contributed by atoms with Crippen molar-refractivity contribution in [1.29, 1.82) is 0 Å². The first-order valence-electron chi connectivity index (χ1n) is 8.10. The number of hydrogen-bond acceptors (Lipinski definition) is 2. The highest BCUT2D eigenvalue weighted by Gasteiger charge is 2.19. The molecule has 0 saturated heterocycles. The number of halogens is 1. The van der Waals surface area contributed by atoms with Crippen molar-refractivity contribution in [1.82, 2.24) is 4.90 Å². The Morgan fingerprint density at radius 3 is 2.50 bits per heavy atom. The van der Waals surface area contributed by atoms with Gasteiger partial charge in [-0.15, -0.1) is 0 Å². The molecule has 24 heavy (non-hydrogen) atoms. The standard InChI is InChI=1S/C20H25ClN2O/c1-6-23(4)13-22-19-11-15(3)17(12-18(19)21)20(24-5)16-10-8-7-9-14(16)2/h7-13,20H,6H2,1-5H3. The molecule has 3 nitrogen and oxygen atoms in total. The van der Waals surface area contributed by atoms with Crippen molar-refractivity contribution in [2.24, 2.45) is 4.99 Å². The SMILES string of the molecule is CCN(C)C=Nc1cc(C)c(C(OC)c2ccccc2C)cc1Cl. The lowest BCUT2D eigenvalue weighted by atomic mass is 9.94. The van der Waals surface area contributed by atoms with Gasteiger partial charge in [0.15, 0.2) is 0 Å². The van der Waals surface area contributed by atoms with Crippen molar-refractivity contribution in [2.45, 2.75) is 26.9 Å². The van der Waals surface area contributed by atoms with Crippen LogP contribution < -0.4 is 0 Å². The fourth-order valence-electron chi connectivity index (χ4n) is 2.61. The van der Waals surface area contributed by atoms with Gasteiger partial charge in [0.25, 0.3) is 0 Å². The molecule has 1 atom stereocenters. The molecule has 4 heteroatoms. The average molecular weight is 345 g/mol. The molecule has 0 saturated carbocycles. The van der Waals surface area contributed by atoms with Crippen LogP contribution in [0.25, 0.3) is 0 Å². The van der Waals surface area contributed by atoms with Crippen LogP contribution in [0.5, 0.6) is 0 Å². The molecule has 2 aromatic rings. The Morgan fingerprint density at radius 1 is 1.17 bits per heavy atom. The van der Waals surface area contributed by atoms with Crippen LogP contribution in [-0.4, -0.2) is 31.9 Å². The van der Waals surface area contributed by atoms with Crippen molar-refractivity contribution in [3.8, 4) is 0 Å². The topological polar surface area (TPSA) is 24.8 Å². The van der Waals surface area contributed by atoms with Gasteiger partial charge >= 0.3 is 0 Å². The van der Waals surface area contributed by atoms with E-state index in [1.807, 2.05) is 36.2 Å². The summed E-state index contributed by atoms with van der Waals surface area (Å²) in [6.45, 7) is 7.14. The van der Waals surface area contributed by atoms with Crippen LogP contribution in [0.2, 0.25) is 5.02 Å². The third-order valence-corrected chi connectivity index (χ3v) is 4.52. The summed E-state index contributed by atoms with van der Waals surface area (Å²) in [5, 5.41) is 0.631. The summed E-state index contributed by atoms with van der Waals surface area (Å²) in [6.07, 6.45) is 1.66. The minimum absolute atomic E-state index is 0.139. The molecule has 0 aliphatic rings. The van der Waals surface area contributed by atoms with Gasteiger partial charge in [-0.2, -0.15) is 0 Å². The Hall–Kier alpha value is -1.84. The summed E-state index contributed by atoms with van der Waals surface area (Å²) in [6, 6.07) is 12.2. The molecule has 0 fully saturated rings. The van der Waals surface area contributed by atoms with E-state index in [9.17, 15) is 0 Å². The maximum atomic E-state index is 6.47. The fraction of sp³-hybridized carbons (Fsp3) is 0.350. The van der Waals surface area contributed by atoms with Crippen LogP contribution in [0.15, 0.2) is 41.4 Å². The third kappa shape index (κ3) is 4.16. The number of nitrogens with zero attached hydrogens (tertiary/aromatic N) is 2. The van der Waals surface area contributed by atoms with E-state index in [4.69, 9.17) is 16.3 Å². The summed E-state index contributed by atoms with van der Waals surface area (Å²) < 4.78 is 5.79. The number of aliphatic imine (C=N–C) groups is 1. The number of benzene rings is 2. The van der Waals surface area contributed by atoms with Gasteiger partial charge in [0.1, 0.15) is 6.10 Å². The Balaban J connectivity index is 2.42. The van der Waals surface area contributed by atoms with Crippen LogP contribution in [0.4, 0.5) is 5.69 Å². The molecule has 0 aromatic heterocycles.